The summed E-state index contributed by atoms with van der Waals surface area (Å²) in [6.45, 7) is 8.26. The molecule has 0 saturated heterocycles. The molecule has 0 spiro atoms. The van der Waals surface area contributed by atoms with Gasteiger partial charge in [-0.3, -0.25) is 5.01 Å². The maximum Gasteiger partial charge on any atom is 0.430 e. The second-order valence-electron chi connectivity index (χ2n) is 3.35. The zero-order valence-electron chi connectivity index (χ0n) is 8.81. The Hall–Kier alpha value is -1.00. The van der Waals surface area contributed by atoms with E-state index in [4.69, 9.17) is 0 Å². The lowest BCUT2D eigenvalue weighted by Gasteiger charge is -2.20. The first kappa shape index (κ1) is 13.0. The van der Waals surface area contributed by atoms with Crippen LogP contribution in [0.25, 0.3) is 0 Å². The van der Waals surface area contributed by atoms with Crippen LogP contribution in [-0.2, 0) is 0 Å². The van der Waals surface area contributed by atoms with Gasteiger partial charge in [-0.25, -0.2) is 0 Å². The lowest BCUT2D eigenvalue weighted by molar-refractivity contribution is -0.0603. The smallest absolute Gasteiger partial charge is 0.273 e. The number of alkyl halides is 3. The molecule has 82 valence electrons. The number of halogens is 3. The fourth-order valence-electron chi connectivity index (χ4n) is 0.720. The lowest BCUT2D eigenvalue weighted by Crippen LogP contribution is -2.24. The van der Waals surface area contributed by atoms with Crippen LogP contribution in [0.3, 0.4) is 0 Å². The Bertz CT molecular complexity index is 241. The van der Waals surface area contributed by atoms with Crippen molar-refractivity contribution in [1.29, 1.82) is 0 Å². The van der Waals surface area contributed by atoms with E-state index < -0.39 is 11.9 Å². The Morgan fingerprint density at radius 2 is 1.79 bits per heavy atom. The maximum atomic E-state index is 12.1. The number of hydrogen-bond donors (Lipinski definition) is 0. The van der Waals surface area contributed by atoms with Gasteiger partial charge in [0.1, 0.15) is 5.71 Å². The summed E-state index contributed by atoms with van der Waals surface area (Å²) in [5, 5.41) is 4.56. The summed E-state index contributed by atoms with van der Waals surface area (Å²) in [6, 6.07) is 0. The minimum absolute atomic E-state index is 0.0739. The standard InChI is InChI=1S/C9H15F3N2/c1-6(2)7(3)14(5)13-8(4)9(10,11)12/h6H,3H2,1-2,4-5H3/b13-8+. The predicted octanol–water partition coefficient (Wildman–Crippen LogP) is 3.03. The highest BCUT2D eigenvalue weighted by atomic mass is 19.4. The minimum Gasteiger partial charge on any atom is -0.273 e. The fourth-order valence-corrected chi connectivity index (χ4v) is 0.720. The Morgan fingerprint density at radius 1 is 1.36 bits per heavy atom. The lowest BCUT2D eigenvalue weighted by atomic mass is 10.1. The summed E-state index contributed by atoms with van der Waals surface area (Å²) in [6.07, 6.45) is -4.37. The Kier molecular flexibility index (Phi) is 4.16. The molecule has 0 unspecified atom stereocenters. The molecule has 0 rings (SSSR count). The number of hydrazone groups is 1. The highest BCUT2D eigenvalue weighted by Gasteiger charge is 2.32. The number of rotatable bonds is 3. The molecular formula is C9H15F3N2. The number of nitrogens with zero attached hydrogens (tertiary/aromatic N) is 2. The molecule has 0 saturated carbocycles. The molecule has 0 N–H and O–H groups in total. The third-order valence-corrected chi connectivity index (χ3v) is 1.79. The first-order valence-corrected chi connectivity index (χ1v) is 4.21. The van der Waals surface area contributed by atoms with Crippen LogP contribution >= 0.6 is 0 Å². The summed E-state index contributed by atoms with van der Waals surface area (Å²) in [5.74, 6) is 0.0739. The summed E-state index contributed by atoms with van der Waals surface area (Å²) < 4.78 is 36.3. The maximum absolute atomic E-state index is 12.1. The second kappa shape index (κ2) is 4.48. The Balaban J connectivity index is 4.59. The quantitative estimate of drug-likeness (QED) is 0.514. The van der Waals surface area contributed by atoms with Gasteiger partial charge in [0.25, 0.3) is 0 Å². The van der Waals surface area contributed by atoms with Crippen LogP contribution in [-0.4, -0.2) is 23.9 Å². The number of hydrogen-bond acceptors (Lipinski definition) is 2. The van der Waals surface area contributed by atoms with Gasteiger partial charge in [-0.05, 0) is 12.8 Å². The molecule has 5 heteroatoms. The van der Waals surface area contributed by atoms with Crippen molar-refractivity contribution in [3.63, 3.8) is 0 Å². The molecule has 0 aliphatic heterocycles. The summed E-state index contributed by atoms with van der Waals surface area (Å²) in [4.78, 5) is 0. The summed E-state index contributed by atoms with van der Waals surface area (Å²) in [5.41, 5.74) is -0.324. The van der Waals surface area contributed by atoms with Crippen LogP contribution in [0.4, 0.5) is 13.2 Å². The van der Waals surface area contributed by atoms with Crippen LogP contribution in [0.1, 0.15) is 20.8 Å². The minimum atomic E-state index is -4.37. The van der Waals surface area contributed by atoms with Gasteiger partial charge < -0.3 is 0 Å². The van der Waals surface area contributed by atoms with Gasteiger partial charge in [0.2, 0.25) is 0 Å². The topological polar surface area (TPSA) is 15.6 Å². The van der Waals surface area contributed by atoms with E-state index in [0.717, 1.165) is 11.9 Å². The second-order valence-corrected chi connectivity index (χ2v) is 3.35. The molecule has 0 fully saturated rings. The van der Waals surface area contributed by atoms with Gasteiger partial charge in [-0.1, -0.05) is 20.4 Å². The van der Waals surface area contributed by atoms with E-state index in [-0.39, 0.29) is 5.92 Å². The van der Waals surface area contributed by atoms with Crippen LogP contribution in [0.2, 0.25) is 0 Å². The molecule has 0 heterocycles. The normalized spacial score (nSPS) is 13.3. The van der Waals surface area contributed by atoms with Crippen molar-refractivity contribution < 1.29 is 13.2 Å². The van der Waals surface area contributed by atoms with Gasteiger partial charge >= 0.3 is 6.18 Å². The molecule has 0 aromatic rings. The van der Waals surface area contributed by atoms with Gasteiger partial charge in [-0.15, -0.1) is 0 Å². The van der Waals surface area contributed by atoms with Crippen LogP contribution in [0, 0.1) is 5.92 Å². The number of allylic oxidation sites excluding steroid dienone is 1. The zero-order chi connectivity index (χ0) is 11.5. The molecule has 2 nitrogen and oxygen atoms in total. The van der Waals surface area contributed by atoms with Crippen LogP contribution in [0.15, 0.2) is 17.4 Å². The van der Waals surface area contributed by atoms with E-state index in [1.54, 1.807) is 0 Å². The van der Waals surface area contributed by atoms with E-state index in [1.807, 2.05) is 13.8 Å². The van der Waals surface area contributed by atoms with Crippen molar-refractivity contribution in [2.45, 2.75) is 26.9 Å². The van der Waals surface area contributed by atoms with E-state index in [0.29, 0.717) is 5.70 Å². The molecule has 14 heavy (non-hydrogen) atoms. The SMILES string of the molecule is C=C(C(C)C)N(C)/N=C(\C)C(F)(F)F. The molecule has 0 amide bonds. The van der Waals surface area contributed by atoms with Crippen molar-refractivity contribution in [3.05, 3.63) is 12.3 Å². The molecule has 0 aromatic carbocycles. The van der Waals surface area contributed by atoms with E-state index in [1.165, 1.54) is 7.05 Å². The zero-order valence-corrected chi connectivity index (χ0v) is 8.81. The largest absolute Gasteiger partial charge is 0.430 e. The van der Waals surface area contributed by atoms with Crippen molar-refractivity contribution >= 4 is 5.71 Å². The van der Waals surface area contributed by atoms with Crippen molar-refractivity contribution in [3.8, 4) is 0 Å². The molecule has 0 aliphatic rings. The van der Waals surface area contributed by atoms with Crippen molar-refractivity contribution in [1.82, 2.24) is 5.01 Å². The van der Waals surface area contributed by atoms with E-state index >= 15 is 0 Å². The van der Waals surface area contributed by atoms with Crippen molar-refractivity contribution in [2.24, 2.45) is 11.0 Å². The predicted molar refractivity (Wildman–Crippen MR) is 50.9 cm³/mol. The summed E-state index contributed by atoms with van der Waals surface area (Å²) >= 11 is 0. The van der Waals surface area contributed by atoms with Gasteiger partial charge in [0, 0.05) is 12.7 Å². The highest BCUT2D eigenvalue weighted by Crippen LogP contribution is 2.19. The van der Waals surface area contributed by atoms with E-state index in [9.17, 15) is 13.2 Å². The fraction of sp³-hybridized carbons (Fsp3) is 0.667. The summed E-state index contributed by atoms with van der Waals surface area (Å²) in [7, 11) is 1.46. The first-order chi connectivity index (χ1) is 6.16. The molecule has 0 aromatic heterocycles. The van der Waals surface area contributed by atoms with E-state index in [2.05, 4.69) is 11.7 Å². The molecule has 0 aliphatic carbocycles. The molecular weight excluding hydrogens is 193 g/mol. The highest BCUT2D eigenvalue weighted by molar-refractivity contribution is 5.87. The third kappa shape index (κ3) is 3.81. The van der Waals surface area contributed by atoms with Crippen LogP contribution in [0.5, 0.6) is 0 Å². The molecule has 0 bridgehead atoms. The monoisotopic (exact) mass is 208 g/mol. The first-order valence-electron chi connectivity index (χ1n) is 4.21. The molecule has 0 atom stereocenters. The average Bonchev–Trinajstić information content (AvgIpc) is 2.00. The van der Waals surface area contributed by atoms with Crippen molar-refractivity contribution in [2.75, 3.05) is 7.05 Å². The van der Waals surface area contributed by atoms with Gasteiger partial charge in [-0.2, -0.15) is 18.3 Å². The van der Waals surface area contributed by atoms with Gasteiger partial charge in [0.15, 0.2) is 0 Å². The third-order valence-electron chi connectivity index (χ3n) is 1.79. The molecule has 0 radical (unpaired) electrons. The Morgan fingerprint density at radius 3 is 2.07 bits per heavy atom. The Labute approximate surface area is 82.1 Å². The average molecular weight is 208 g/mol. The van der Waals surface area contributed by atoms with Crippen LogP contribution < -0.4 is 0 Å². The van der Waals surface area contributed by atoms with Gasteiger partial charge in [0.05, 0.1) is 0 Å².